The highest BCUT2D eigenvalue weighted by Gasteiger charge is 2.26. The first-order chi connectivity index (χ1) is 15.9. The smallest absolute Gasteiger partial charge is 0.332 e. The molecular formula is C22H26N8O3. The third-order valence-corrected chi connectivity index (χ3v) is 5.60. The summed E-state index contributed by atoms with van der Waals surface area (Å²) in [7, 11) is 1.53. The molecule has 4 rings (SSSR count). The number of nitrogens with zero attached hydrogens (tertiary/aromatic N) is 6. The molecule has 0 spiro atoms. The number of imidazole rings is 1. The van der Waals surface area contributed by atoms with Crippen LogP contribution in [0.4, 0.5) is 11.8 Å². The lowest BCUT2D eigenvalue weighted by atomic mass is 10.1. The standard InChI is InChI=1S/C22H26N8O3/c1-3-4-12-29-18-19(26-21(29)28-11-7-8-15(23)13-28)27(2)22(33)30(20(18)32)14-17(31)25-16-9-5-6-10-24-16/h5-6,9-10,15H,7-8,11-14,23H2,1-2H3,(H,24,25,31)/t15-/m1/s1. The van der Waals surface area contributed by atoms with Crippen LogP contribution in [0.3, 0.4) is 0 Å². The maximum atomic E-state index is 13.4. The van der Waals surface area contributed by atoms with Gasteiger partial charge in [0.25, 0.3) is 5.56 Å². The number of fused-ring (bicyclic) bond motifs is 1. The minimum atomic E-state index is -0.628. The Balaban J connectivity index is 1.81. The van der Waals surface area contributed by atoms with Crippen LogP contribution < -0.4 is 27.2 Å². The molecule has 1 amide bonds. The number of carbonyl (C=O) groups is 1. The zero-order valence-electron chi connectivity index (χ0n) is 18.6. The van der Waals surface area contributed by atoms with Crippen molar-refractivity contribution in [3.8, 4) is 11.8 Å². The summed E-state index contributed by atoms with van der Waals surface area (Å²) in [5, 5.41) is 2.60. The van der Waals surface area contributed by atoms with Crippen molar-refractivity contribution in [1.82, 2.24) is 23.7 Å². The Hall–Kier alpha value is -3.91. The fourth-order valence-electron chi connectivity index (χ4n) is 4.00. The lowest BCUT2D eigenvalue weighted by molar-refractivity contribution is -0.116. The second kappa shape index (κ2) is 9.30. The van der Waals surface area contributed by atoms with Gasteiger partial charge in [-0.1, -0.05) is 12.0 Å². The van der Waals surface area contributed by atoms with E-state index in [2.05, 4.69) is 27.1 Å². The van der Waals surface area contributed by atoms with Crippen molar-refractivity contribution in [2.75, 3.05) is 23.3 Å². The molecule has 1 atom stereocenters. The van der Waals surface area contributed by atoms with Crippen LogP contribution in [0, 0.1) is 11.8 Å². The quantitative estimate of drug-likeness (QED) is 0.518. The Labute approximate surface area is 189 Å². The number of carbonyl (C=O) groups excluding carboxylic acids is 1. The average molecular weight is 451 g/mol. The van der Waals surface area contributed by atoms with E-state index in [9.17, 15) is 14.4 Å². The summed E-state index contributed by atoms with van der Waals surface area (Å²) in [5.74, 6) is 6.17. The number of aromatic nitrogens is 5. The van der Waals surface area contributed by atoms with Crippen molar-refractivity contribution < 1.29 is 4.79 Å². The molecule has 3 aromatic rings. The molecule has 0 saturated carbocycles. The molecule has 33 heavy (non-hydrogen) atoms. The second-order valence-electron chi connectivity index (χ2n) is 7.94. The van der Waals surface area contributed by atoms with Gasteiger partial charge in [-0.2, -0.15) is 4.98 Å². The van der Waals surface area contributed by atoms with Crippen molar-refractivity contribution in [3.63, 3.8) is 0 Å². The van der Waals surface area contributed by atoms with Crippen LogP contribution >= 0.6 is 0 Å². The van der Waals surface area contributed by atoms with Gasteiger partial charge in [0, 0.05) is 32.4 Å². The van der Waals surface area contributed by atoms with E-state index in [4.69, 9.17) is 5.73 Å². The lowest BCUT2D eigenvalue weighted by Crippen LogP contribution is -2.44. The minimum absolute atomic E-state index is 0.0000378. The molecule has 0 aliphatic carbocycles. The van der Waals surface area contributed by atoms with Crippen LogP contribution in [0.2, 0.25) is 0 Å². The van der Waals surface area contributed by atoms with Crippen molar-refractivity contribution in [2.24, 2.45) is 12.8 Å². The summed E-state index contributed by atoms with van der Waals surface area (Å²) < 4.78 is 3.90. The van der Waals surface area contributed by atoms with Crippen LogP contribution in [-0.4, -0.2) is 48.7 Å². The van der Waals surface area contributed by atoms with E-state index >= 15 is 0 Å². The molecule has 3 N–H and O–H groups in total. The third-order valence-electron chi connectivity index (χ3n) is 5.60. The topological polar surface area (TPSA) is 133 Å². The van der Waals surface area contributed by atoms with Crippen LogP contribution in [-0.2, 0) is 24.9 Å². The number of anilines is 2. The second-order valence-corrected chi connectivity index (χ2v) is 7.94. The summed E-state index contributed by atoms with van der Waals surface area (Å²) in [6.07, 6.45) is 3.36. The highest BCUT2D eigenvalue weighted by atomic mass is 16.2. The Morgan fingerprint density at radius 2 is 2.12 bits per heavy atom. The molecule has 4 heterocycles. The van der Waals surface area contributed by atoms with E-state index in [1.165, 1.54) is 17.8 Å². The minimum Gasteiger partial charge on any atom is -0.341 e. The Morgan fingerprint density at radius 3 is 2.82 bits per heavy atom. The summed E-state index contributed by atoms with van der Waals surface area (Å²) in [6.45, 7) is 2.82. The molecule has 1 aliphatic heterocycles. The summed E-state index contributed by atoms with van der Waals surface area (Å²) >= 11 is 0. The Morgan fingerprint density at radius 1 is 1.30 bits per heavy atom. The number of rotatable bonds is 5. The molecule has 1 saturated heterocycles. The van der Waals surface area contributed by atoms with Crippen LogP contribution in [0.15, 0.2) is 34.0 Å². The van der Waals surface area contributed by atoms with Gasteiger partial charge in [-0.25, -0.2) is 14.3 Å². The van der Waals surface area contributed by atoms with Crippen LogP contribution in [0.1, 0.15) is 19.8 Å². The fourth-order valence-corrected chi connectivity index (χ4v) is 4.00. The highest BCUT2D eigenvalue weighted by Crippen LogP contribution is 2.22. The first-order valence-electron chi connectivity index (χ1n) is 10.7. The summed E-state index contributed by atoms with van der Waals surface area (Å²) in [6, 6.07) is 5.06. The van der Waals surface area contributed by atoms with Crippen molar-refractivity contribution >= 4 is 28.8 Å². The van der Waals surface area contributed by atoms with E-state index in [-0.39, 0.29) is 23.8 Å². The van der Waals surface area contributed by atoms with Gasteiger partial charge in [0.05, 0.1) is 6.54 Å². The molecule has 0 unspecified atom stereocenters. The number of hydrogen-bond donors (Lipinski definition) is 2. The van der Waals surface area contributed by atoms with Crippen molar-refractivity contribution in [3.05, 3.63) is 45.2 Å². The van der Waals surface area contributed by atoms with Crippen molar-refractivity contribution in [2.45, 2.75) is 38.9 Å². The van der Waals surface area contributed by atoms with Crippen molar-refractivity contribution in [1.29, 1.82) is 0 Å². The first-order valence-corrected chi connectivity index (χ1v) is 10.7. The molecular weight excluding hydrogens is 424 g/mol. The molecule has 3 aromatic heterocycles. The van der Waals surface area contributed by atoms with E-state index in [1.807, 2.05) is 4.90 Å². The van der Waals surface area contributed by atoms with Crippen LogP contribution in [0.25, 0.3) is 11.2 Å². The molecule has 11 heteroatoms. The van der Waals surface area contributed by atoms with E-state index < -0.39 is 23.7 Å². The number of pyridine rings is 1. The fraction of sp³-hybridized carbons (Fsp3) is 0.409. The van der Waals surface area contributed by atoms with Gasteiger partial charge in [0.15, 0.2) is 11.2 Å². The summed E-state index contributed by atoms with van der Waals surface area (Å²) in [5.41, 5.74) is 5.40. The molecule has 11 nitrogen and oxygen atoms in total. The predicted octanol–water partition coefficient (Wildman–Crippen LogP) is -0.119. The van der Waals surface area contributed by atoms with Gasteiger partial charge in [-0.3, -0.25) is 18.7 Å². The average Bonchev–Trinajstić information content (AvgIpc) is 3.19. The normalized spacial score (nSPS) is 15.8. The van der Waals surface area contributed by atoms with Gasteiger partial charge in [0.1, 0.15) is 12.4 Å². The zero-order chi connectivity index (χ0) is 23.5. The van der Waals surface area contributed by atoms with Gasteiger partial charge in [0.2, 0.25) is 11.9 Å². The van der Waals surface area contributed by atoms with E-state index in [1.54, 1.807) is 29.7 Å². The largest absolute Gasteiger partial charge is 0.341 e. The van der Waals surface area contributed by atoms with Gasteiger partial charge >= 0.3 is 5.69 Å². The maximum absolute atomic E-state index is 13.4. The lowest BCUT2D eigenvalue weighted by Gasteiger charge is -2.31. The van der Waals surface area contributed by atoms with E-state index in [0.29, 0.717) is 18.3 Å². The maximum Gasteiger partial charge on any atom is 0.332 e. The van der Waals surface area contributed by atoms with E-state index in [0.717, 1.165) is 24.0 Å². The molecule has 0 radical (unpaired) electrons. The number of aryl methyl sites for hydroxylation is 1. The third kappa shape index (κ3) is 4.38. The number of nitrogens with one attached hydrogen (secondary N) is 1. The first kappa shape index (κ1) is 22.3. The molecule has 172 valence electrons. The SMILES string of the molecule is CC#CCn1c(N2CCC[C@@H](N)C2)nc2c1c(=O)n(CC(=O)Nc1ccccn1)c(=O)n2C. The molecule has 1 fully saturated rings. The number of piperidine rings is 1. The number of hydrogen-bond acceptors (Lipinski definition) is 7. The Bertz CT molecular complexity index is 1360. The highest BCUT2D eigenvalue weighted by molar-refractivity contribution is 5.89. The molecule has 0 aromatic carbocycles. The Kier molecular flexibility index (Phi) is 6.28. The number of nitrogens with two attached hydrogens (primary N) is 1. The monoisotopic (exact) mass is 450 g/mol. The zero-order valence-corrected chi connectivity index (χ0v) is 18.6. The van der Waals surface area contributed by atoms with Gasteiger partial charge in [-0.15, -0.1) is 5.92 Å². The summed E-state index contributed by atoms with van der Waals surface area (Å²) in [4.78, 5) is 49.7. The number of amides is 1. The predicted molar refractivity (Wildman–Crippen MR) is 125 cm³/mol. The van der Waals surface area contributed by atoms with Crippen LogP contribution in [0.5, 0.6) is 0 Å². The molecule has 1 aliphatic rings. The van der Waals surface area contributed by atoms with Gasteiger partial charge in [-0.05, 0) is 31.9 Å². The van der Waals surface area contributed by atoms with Gasteiger partial charge < -0.3 is 16.0 Å². The molecule has 0 bridgehead atoms.